The van der Waals surface area contributed by atoms with Crippen LogP contribution in [0.5, 0.6) is 0 Å². The monoisotopic (exact) mass is 536 g/mol. The van der Waals surface area contributed by atoms with Crippen LogP contribution in [-0.4, -0.2) is 34.2 Å². The van der Waals surface area contributed by atoms with Gasteiger partial charge in [0.15, 0.2) is 0 Å². The number of nitrogens with one attached hydrogen (secondary N) is 2. The van der Waals surface area contributed by atoms with Gasteiger partial charge in [0.05, 0.1) is 9.85 Å². The summed E-state index contributed by atoms with van der Waals surface area (Å²) in [5.41, 5.74) is -1.62. The minimum atomic E-state index is -0.659. The van der Waals surface area contributed by atoms with Crippen molar-refractivity contribution >= 4 is 46.4 Å². The second-order valence-corrected chi connectivity index (χ2v) is 11.1. The highest BCUT2D eigenvalue weighted by Crippen LogP contribution is 2.46. The second kappa shape index (κ2) is 10.4. The molecule has 0 unspecified atom stereocenters. The second-order valence-electron chi connectivity index (χ2n) is 10.3. The van der Waals surface area contributed by atoms with E-state index in [2.05, 4.69) is 10.6 Å². The molecule has 10 nitrogen and oxygen atoms in total. The summed E-state index contributed by atoms with van der Waals surface area (Å²) in [5.74, 6) is -1.18. The Balaban J connectivity index is 1.75. The molecule has 2 amide bonds. The molecule has 0 heterocycles. The summed E-state index contributed by atoms with van der Waals surface area (Å²) in [6, 6.07) is 7.41. The predicted molar refractivity (Wildman–Crippen MR) is 136 cm³/mol. The normalized spacial score (nSPS) is 20.9. The van der Waals surface area contributed by atoms with Crippen molar-refractivity contribution in [3.63, 3.8) is 0 Å². The molecule has 2 aromatic rings. The molecule has 192 valence electrons. The van der Waals surface area contributed by atoms with Gasteiger partial charge in [-0.25, -0.2) is 0 Å². The zero-order valence-electron chi connectivity index (χ0n) is 20.0. The molecule has 2 atom stereocenters. The van der Waals surface area contributed by atoms with Crippen LogP contribution in [0.25, 0.3) is 0 Å². The lowest BCUT2D eigenvalue weighted by atomic mass is 9.62. The van der Waals surface area contributed by atoms with Gasteiger partial charge in [-0.1, -0.05) is 44.0 Å². The number of rotatable bonds is 7. The van der Waals surface area contributed by atoms with Crippen molar-refractivity contribution in [1.82, 2.24) is 10.6 Å². The molecule has 0 aromatic heterocycles. The lowest BCUT2D eigenvalue weighted by Crippen LogP contribution is -2.50. The van der Waals surface area contributed by atoms with Crippen molar-refractivity contribution in [3.8, 4) is 0 Å². The van der Waals surface area contributed by atoms with E-state index in [0.29, 0.717) is 12.8 Å². The Bertz CT molecular complexity index is 1240. The standard InChI is InChI=1S/C24H26Cl2N4O6/c1-23(2)10-16(28-22(32)18-7-5-15(26)9-20(18)30(35)36)11-24(3,12-23)13-27-21(31)17-6-4-14(25)8-19(17)29(33)34/h4-9,16H,10-13H2,1-3H3,(H,27,31)(H,28,32)/t16-,24-/m0/s1. The number of carbonyl (C=O) groups excluding carboxylic acids is 2. The maximum absolute atomic E-state index is 12.9. The molecular weight excluding hydrogens is 511 g/mol. The Kier molecular flexibility index (Phi) is 7.90. The van der Waals surface area contributed by atoms with Crippen molar-refractivity contribution in [3.05, 3.63) is 77.8 Å². The number of amides is 2. The average Bonchev–Trinajstić information content (AvgIpc) is 2.75. The van der Waals surface area contributed by atoms with E-state index in [1.165, 1.54) is 24.3 Å². The third kappa shape index (κ3) is 6.50. The molecule has 2 N–H and O–H groups in total. The fourth-order valence-corrected chi connectivity index (χ4v) is 5.55. The van der Waals surface area contributed by atoms with Crippen LogP contribution in [-0.2, 0) is 0 Å². The lowest BCUT2D eigenvalue weighted by Gasteiger charge is -2.47. The van der Waals surface area contributed by atoms with E-state index in [4.69, 9.17) is 23.2 Å². The van der Waals surface area contributed by atoms with Crippen molar-refractivity contribution in [2.24, 2.45) is 10.8 Å². The number of benzene rings is 2. The van der Waals surface area contributed by atoms with Crippen LogP contribution in [0, 0.1) is 31.1 Å². The Morgan fingerprint density at radius 1 is 0.917 bits per heavy atom. The first-order valence-corrected chi connectivity index (χ1v) is 11.9. The molecule has 0 radical (unpaired) electrons. The van der Waals surface area contributed by atoms with Crippen molar-refractivity contribution in [2.75, 3.05) is 6.54 Å². The molecule has 1 aliphatic rings. The number of carbonyl (C=O) groups is 2. The number of nitro benzene ring substituents is 2. The van der Waals surface area contributed by atoms with Gasteiger partial charge >= 0.3 is 0 Å². The minimum absolute atomic E-state index is 0.0853. The summed E-state index contributed by atoms with van der Waals surface area (Å²) in [4.78, 5) is 47.2. The molecule has 1 saturated carbocycles. The van der Waals surface area contributed by atoms with E-state index in [1.807, 2.05) is 20.8 Å². The zero-order valence-corrected chi connectivity index (χ0v) is 21.5. The first-order chi connectivity index (χ1) is 16.7. The highest BCUT2D eigenvalue weighted by Gasteiger charge is 2.42. The van der Waals surface area contributed by atoms with Crippen LogP contribution in [0.15, 0.2) is 36.4 Å². The summed E-state index contributed by atoms with van der Waals surface area (Å²) in [7, 11) is 0. The van der Waals surface area contributed by atoms with Crippen LogP contribution in [0.4, 0.5) is 11.4 Å². The van der Waals surface area contributed by atoms with Crippen LogP contribution in [0.3, 0.4) is 0 Å². The van der Waals surface area contributed by atoms with Crippen molar-refractivity contribution < 1.29 is 19.4 Å². The predicted octanol–water partition coefficient (Wildman–Crippen LogP) is 5.55. The number of hydrogen-bond acceptors (Lipinski definition) is 6. The van der Waals surface area contributed by atoms with Gasteiger partial charge in [-0.05, 0) is 54.4 Å². The maximum atomic E-state index is 12.9. The van der Waals surface area contributed by atoms with Gasteiger partial charge in [0.25, 0.3) is 23.2 Å². The summed E-state index contributed by atoms with van der Waals surface area (Å²) in [6.45, 7) is 6.26. The number of nitrogens with zero attached hydrogens (tertiary/aromatic N) is 2. The number of nitro groups is 2. The zero-order chi connectivity index (χ0) is 26.8. The van der Waals surface area contributed by atoms with E-state index >= 15 is 0 Å². The van der Waals surface area contributed by atoms with Gasteiger partial charge in [0.1, 0.15) is 11.1 Å². The lowest BCUT2D eigenvalue weighted by molar-refractivity contribution is -0.385. The first-order valence-electron chi connectivity index (χ1n) is 11.2. The molecule has 36 heavy (non-hydrogen) atoms. The highest BCUT2D eigenvalue weighted by atomic mass is 35.5. The molecule has 3 rings (SSSR count). The summed E-state index contributed by atoms with van der Waals surface area (Å²) in [6.07, 6.45) is 1.84. The first kappa shape index (κ1) is 27.3. The largest absolute Gasteiger partial charge is 0.351 e. The Morgan fingerprint density at radius 3 is 1.92 bits per heavy atom. The molecule has 0 aliphatic heterocycles. The fourth-order valence-electron chi connectivity index (χ4n) is 5.22. The van der Waals surface area contributed by atoms with Gasteiger partial charge in [-0.2, -0.15) is 0 Å². The molecule has 1 fully saturated rings. The summed E-state index contributed by atoms with van der Waals surface area (Å²) >= 11 is 11.7. The third-order valence-corrected chi connectivity index (χ3v) is 6.73. The highest BCUT2D eigenvalue weighted by molar-refractivity contribution is 6.31. The third-order valence-electron chi connectivity index (χ3n) is 6.26. The Labute approximate surface area is 217 Å². The Morgan fingerprint density at radius 2 is 1.42 bits per heavy atom. The van der Waals surface area contributed by atoms with E-state index in [0.717, 1.165) is 18.6 Å². The number of hydrogen-bond donors (Lipinski definition) is 2. The van der Waals surface area contributed by atoms with Crippen LogP contribution >= 0.6 is 23.2 Å². The molecule has 0 spiro atoms. The SMILES string of the molecule is CC1(C)C[C@H](NC(=O)c2ccc(Cl)cc2[N+](=O)[O-])C[C@](C)(CNC(=O)c2ccc(Cl)cc2[N+](=O)[O-])C1. The van der Waals surface area contributed by atoms with Gasteiger partial charge < -0.3 is 10.6 Å². The quantitative estimate of drug-likeness (QED) is 0.350. The van der Waals surface area contributed by atoms with Crippen molar-refractivity contribution in [1.29, 1.82) is 0 Å². The van der Waals surface area contributed by atoms with Gasteiger partial charge in [0, 0.05) is 34.8 Å². The van der Waals surface area contributed by atoms with E-state index in [-0.39, 0.29) is 50.5 Å². The average molecular weight is 537 g/mol. The smallest absolute Gasteiger partial charge is 0.283 e. The molecule has 12 heteroatoms. The van der Waals surface area contributed by atoms with Gasteiger partial charge in [-0.3, -0.25) is 29.8 Å². The summed E-state index contributed by atoms with van der Waals surface area (Å²) in [5, 5.41) is 28.8. The van der Waals surface area contributed by atoms with E-state index in [9.17, 15) is 29.8 Å². The van der Waals surface area contributed by atoms with Crippen LogP contribution in [0.2, 0.25) is 10.0 Å². The molecule has 2 aromatic carbocycles. The molecule has 0 bridgehead atoms. The fraction of sp³-hybridized carbons (Fsp3) is 0.417. The van der Waals surface area contributed by atoms with Crippen LogP contribution in [0.1, 0.15) is 60.7 Å². The minimum Gasteiger partial charge on any atom is -0.351 e. The van der Waals surface area contributed by atoms with Gasteiger partial charge in [0.2, 0.25) is 0 Å². The molecule has 1 aliphatic carbocycles. The van der Waals surface area contributed by atoms with E-state index in [1.54, 1.807) is 0 Å². The van der Waals surface area contributed by atoms with Crippen LogP contribution < -0.4 is 10.6 Å². The van der Waals surface area contributed by atoms with E-state index < -0.39 is 27.1 Å². The number of halogens is 2. The van der Waals surface area contributed by atoms with Crippen molar-refractivity contribution in [2.45, 2.75) is 46.1 Å². The maximum Gasteiger partial charge on any atom is 0.283 e. The molecule has 0 saturated heterocycles. The van der Waals surface area contributed by atoms with Gasteiger partial charge in [-0.15, -0.1) is 0 Å². The topological polar surface area (TPSA) is 144 Å². The molecular formula is C24H26Cl2N4O6. The Hall–Kier alpha value is -3.24. The summed E-state index contributed by atoms with van der Waals surface area (Å²) < 4.78 is 0.